The van der Waals surface area contributed by atoms with Gasteiger partial charge in [0.1, 0.15) is 17.9 Å². The van der Waals surface area contributed by atoms with Crippen molar-refractivity contribution in [2.75, 3.05) is 32.2 Å². The maximum atomic E-state index is 11.7. The number of Topliss-reactive ketones (excluding diaryl/α,β-unsaturated/α-hetero) is 1. The van der Waals surface area contributed by atoms with Crippen molar-refractivity contribution >= 4 is 23.5 Å². The summed E-state index contributed by atoms with van der Waals surface area (Å²) in [6.07, 6.45) is 0. The SMILES string of the molecule is COCCOCC(=O)Nc1oc(C)c(C(C)=O)c1C(N)=O. The van der Waals surface area contributed by atoms with Gasteiger partial charge in [0.2, 0.25) is 5.88 Å². The second-order valence-corrected chi connectivity index (χ2v) is 4.25. The van der Waals surface area contributed by atoms with Gasteiger partial charge in [-0.2, -0.15) is 0 Å². The van der Waals surface area contributed by atoms with Crippen molar-refractivity contribution in [3.8, 4) is 0 Å². The lowest BCUT2D eigenvalue weighted by Crippen LogP contribution is -2.22. The molecule has 0 aliphatic carbocycles. The zero-order chi connectivity index (χ0) is 16.0. The summed E-state index contributed by atoms with van der Waals surface area (Å²) < 4.78 is 15.0. The van der Waals surface area contributed by atoms with Crippen molar-refractivity contribution in [1.29, 1.82) is 0 Å². The quantitative estimate of drug-likeness (QED) is 0.532. The van der Waals surface area contributed by atoms with E-state index in [1.165, 1.54) is 21.0 Å². The van der Waals surface area contributed by atoms with E-state index < -0.39 is 11.8 Å². The number of furan rings is 1. The first-order valence-corrected chi connectivity index (χ1v) is 6.19. The number of nitrogens with two attached hydrogens (primary N) is 1. The van der Waals surface area contributed by atoms with Crippen LogP contribution < -0.4 is 11.1 Å². The first kappa shape index (κ1) is 16.9. The molecule has 0 radical (unpaired) electrons. The molecule has 0 atom stereocenters. The highest BCUT2D eigenvalue weighted by Gasteiger charge is 2.26. The number of methoxy groups -OCH3 is 1. The fraction of sp³-hybridized carbons (Fsp3) is 0.462. The van der Waals surface area contributed by atoms with Crippen LogP contribution in [0.4, 0.5) is 5.88 Å². The molecule has 0 fully saturated rings. The number of hydrogen-bond acceptors (Lipinski definition) is 6. The van der Waals surface area contributed by atoms with Crippen molar-refractivity contribution in [1.82, 2.24) is 0 Å². The normalized spacial score (nSPS) is 10.4. The van der Waals surface area contributed by atoms with Gasteiger partial charge in [-0.3, -0.25) is 19.7 Å². The maximum Gasteiger partial charge on any atom is 0.255 e. The Morgan fingerprint density at radius 1 is 1.24 bits per heavy atom. The molecule has 3 N–H and O–H groups in total. The van der Waals surface area contributed by atoms with Crippen LogP contribution in [0.15, 0.2) is 4.42 Å². The minimum Gasteiger partial charge on any atom is -0.444 e. The summed E-state index contributed by atoms with van der Waals surface area (Å²) in [5, 5.41) is 2.36. The van der Waals surface area contributed by atoms with Crippen LogP contribution in [0, 0.1) is 6.92 Å². The van der Waals surface area contributed by atoms with Crippen LogP contribution >= 0.6 is 0 Å². The first-order valence-electron chi connectivity index (χ1n) is 6.19. The molecule has 21 heavy (non-hydrogen) atoms. The molecule has 8 nitrogen and oxygen atoms in total. The average molecular weight is 298 g/mol. The van der Waals surface area contributed by atoms with Crippen LogP contribution in [0.1, 0.15) is 33.4 Å². The van der Waals surface area contributed by atoms with Crippen LogP contribution in [0.2, 0.25) is 0 Å². The van der Waals surface area contributed by atoms with Gasteiger partial charge >= 0.3 is 0 Å². The molecule has 1 rings (SSSR count). The van der Waals surface area contributed by atoms with Gasteiger partial charge in [-0.1, -0.05) is 0 Å². The van der Waals surface area contributed by atoms with E-state index >= 15 is 0 Å². The van der Waals surface area contributed by atoms with Crippen LogP contribution in [0.25, 0.3) is 0 Å². The largest absolute Gasteiger partial charge is 0.444 e. The Hall–Kier alpha value is -2.19. The van der Waals surface area contributed by atoms with E-state index in [1.807, 2.05) is 0 Å². The highest BCUT2D eigenvalue weighted by atomic mass is 16.5. The molecule has 116 valence electrons. The molecule has 8 heteroatoms. The number of rotatable bonds is 8. The van der Waals surface area contributed by atoms with Crippen molar-refractivity contribution in [2.24, 2.45) is 5.73 Å². The Balaban J connectivity index is 2.84. The highest BCUT2D eigenvalue weighted by Crippen LogP contribution is 2.27. The van der Waals surface area contributed by atoms with Crippen LogP contribution in [-0.2, 0) is 14.3 Å². The molecule has 0 aliphatic rings. The fourth-order valence-corrected chi connectivity index (χ4v) is 1.76. The summed E-state index contributed by atoms with van der Waals surface area (Å²) in [6, 6.07) is 0. The van der Waals surface area contributed by atoms with Gasteiger partial charge in [-0.05, 0) is 13.8 Å². The third-order valence-corrected chi connectivity index (χ3v) is 2.60. The lowest BCUT2D eigenvalue weighted by atomic mass is 10.1. The summed E-state index contributed by atoms with van der Waals surface area (Å²) in [6.45, 7) is 3.16. The number of primary amides is 1. The van der Waals surface area contributed by atoms with Crippen molar-refractivity contribution in [2.45, 2.75) is 13.8 Å². The molecule has 0 aliphatic heterocycles. The molecule has 1 aromatic heterocycles. The second-order valence-electron chi connectivity index (χ2n) is 4.25. The Bertz CT molecular complexity index is 549. The van der Waals surface area contributed by atoms with Gasteiger partial charge in [-0.25, -0.2) is 0 Å². The summed E-state index contributed by atoms with van der Waals surface area (Å²) in [4.78, 5) is 34.6. The van der Waals surface area contributed by atoms with Gasteiger partial charge in [0, 0.05) is 7.11 Å². The Labute approximate surface area is 121 Å². The second kappa shape index (κ2) is 7.55. The molecular weight excluding hydrogens is 280 g/mol. The number of anilines is 1. The monoisotopic (exact) mass is 298 g/mol. The molecule has 0 aromatic carbocycles. The van der Waals surface area contributed by atoms with Crippen LogP contribution in [0.3, 0.4) is 0 Å². The topological polar surface area (TPSA) is 121 Å². The predicted molar refractivity (Wildman–Crippen MR) is 73.3 cm³/mol. The van der Waals surface area contributed by atoms with E-state index in [-0.39, 0.29) is 41.8 Å². The molecule has 0 bridgehead atoms. The lowest BCUT2D eigenvalue weighted by Gasteiger charge is -2.05. The van der Waals surface area contributed by atoms with Gasteiger partial charge in [0.05, 0.1) is 18.8 Å². The molecule has 0 saturated heterocycles. The Morgan fingerprint density at radius 3 is 2.43 bits per heavy atom. The first-order chi connectivity index (χ1) is 9.88. The molecule has 0 unspecified atom stereocenters. The smallest absolute Gasteiger partial charge is 0.255 e. The molecule has 0 spiro atoms. The van der Waals surface area contributed by atoms with Crippen molar-refractivity contribution < 1.29 is 28.3 Å². The number of aryl methyl sites for hydroxylation is 1. The van der Waals surface area contributed by atoms with Gasteiger partial charge in [-0.15, -0.1) is 0 Å². The van der Waals surface area contributed by atoms with E-state index in [4.69, 9.17) is 19.6 Å². The van der Waals surface area contributed by atoms with Crippen molar-refractivity contribution in [3.05, 3.63) is 16.9 Å². The van der Waals surface area contributed by atoms with Gasteiger partial charge in [0.15, 0.2) is 5.78 Å². The average Bonchev–Trinajstić information content (AvgIpc) is 2.71. The number of ketones is 1. The van der Waals surface area contributed by atoms with Crippen LogP contribution in [0.5, 0.6) is 0 Å². The van der Waals surface area contributed by atoms with E-state index in [1.54, 1.807) is 0 Å². The molecule has 0 saturated carbocycles. The highest BCUT2D eigenvalue weighted by molar-refractivity contribution is 6.11. The molecule has 1 heterocycles. The van der Waals surface area contributed by atoms with E-state index in [2.05, 4.69) is 5.32 Å². The number of carbonyl (C=O) groups excluding carboxylic acids is 3. The Morgan fingerprint density at radius 2 is 1.90 bits per heavy atom. The summed E-state index contributed by atoms with van der Waals surface area (Å²) in [5.41, 5.74) is 5.17. The zero-order valence-electron chi connectivity index (χ0n) is 12.1. The third-order valence-electron chi connectivity index (χ3n) is 2.60. The van der Waals surface area contributed by atoms with Crippen LogP contribution in [-0.4, -0.2) is 44.5 Å². The summed E-state index contributed by atoms with van der Waals surface area (Å²) in [7, 11) is 1.51. The number of ether oxygens (including phenoxy) is 2. The minimum atomic E-state index is -0.854. The maximum absolute atomic E-state index is 11.7. The standard InChI is InChI=1S/C13H18N2O6/c1-7(16)10-8(2)21-13(11(10)12(14)18)15-9(17)6-20-5-4-19-3/h4-6H2,1-3H3,(H2,14,18)(H,15,17). The number of nitrogens with one attached hydrogen (secondary N) is 1. The van der Waals surface area contributed by atoms with E-state index in [0.29, 0.717) is 6.61 Å². The summed E-state index contributed by atoms with van der Waals surface area (Å²) >= 11 is 0. The van der Waals surface area contributed by atoms with E-state index in [9.17, 15) is 14.4 Å². The number of amides is 2. The molecule has 1 aromatic rings. The summed E-state index contributed by atoms with van der Waals surface area (Å²) in [5.74, 6) is -1.69. The third kappa shape index (κ3) is 4.40. The minimum absolute atomic E-state index is 0.0677. The van der Waals surface area contributed by atoms with Gasteiger partial charge < -0.3 is 19.6 Å². The zero-order valence-corrected chi connectivity index (χ0v) is 12.1. The van der Waals surface area contributed by atoms with Gasteiger partial charge in [0.25, 0.3) is 11.8 Å². The van der Waals surface area contributed by atoms with Crippen molar-refractivity contribution in [3.63, 3.8) is 0 Å². The molecule has 2 amide bonds. The van der Waals surface area contributed by atoms with E-state index in [0.717, 1.165) is 0 Å². The number of carbonyl (C=O) groups is 3. The number of hydrogen-bond donors (Lipinski definition) is 2. The fourth-order valence-electron chi connectivity index (χ4n) is 1.76. The lowest BCUT2D eigenvalue weighted by molar-refractivity contribution is -0.121. The molecular formula is C13H18N2O6. The predicted octanol–water partition coefficient (Wildman–Crippen LogP) is 0.491. The Kier molecular flexibility index (Phi) is 6.07.